The highest BCUT2D eigenvalue weighted by Crippen LogP contribution is 2.33. The monoisotopic (exact) mass is 304 g/mol. The number of benzene rings is 2. The Balaban J connectivity index is 2.30. The van der Waals surface area contributed by atoms with E-state index in [-0.39, 0.29) is 5.84 Å². The van der Waals surface area contributed by atoms with E-state index < -0.39 is 0 Å². The Morgan fingerprint density at radius 1 is 1.19 bits per heavy atom. The van der Waals surface area contributed by atoms with Gasteiger partial charge < -0.3 is 15.2 Å². The van der Waals surface area contributed by atoms with Crippen molar-refractivity contribution >= 4 is 17.4 Å². The topological polar surface area (TPSA) is 68.3 Å². The first-order chi connectivity index (χ1) is 10.0. The zero-order chi connectivity index (χ0) is 15.4. The standard InChI is InChI=1S/C16H17ClN2O2/c1-3-10-4-7-14(15(8-10)20-2)21-11-5-6-12(16(18)19)13(17)9-11/h4-9H,3H2,1-2H3,(H3,18,19). The van der Waals surface area contributed by atoms with Crippen LogP contribution >= 0.6 is 11.6 Å². The van der Waals surface area contributed by atoms with Gasteiger partial charge in [0.05, 0.1) is 12.1 Å². The van der Waals surface area contributed by atoms with Crippen molar-refractivity contribution in [3.8, 4) is 17.2 Å². The van der Waals surface area contributed by atoms with Gasteiger partial charge >= 0.3 is 0 Å². The fourth-order valence-electron chi connectivity index (χ4n) is 1.92. The molecular weight excluding hydrogens is 288 g/mol. The Morgan fingerprint density at radius 3 is 2.52 bits per heavy atom. The van der Waals surface area contributed by atoms with Crippen molar-refractivity contribution in [2.24, 2.45) is 5.73 Å². The second-order valence-corrected chi connectivity index (χ2v) is 4.90. The highest BCUT2D eigenvalue weighted by atomic mass is 35.5. The predicted molar refractivity (Wildman–Crippen MR) is 84.9 cm³/mol. The van der Waals surface area contributed by atoms with E-state index in [0.29, 0.717) is 27.8 Å². The summed E-state index contributed by atoms with van der Waals surface area (Å²) in [5.41, 5.74) is 7.09. The van der Waals surface area contributed by atoms with Crippen LogP contribution in [0.25, 0.3) is 0 Å². The Bertz CT molecular complexity index is 671. The lowest BCUT2D eigenvalue weighted by molar-refractivity contribution is 0.378. The Labute approximate surface area is 129 Å². The number of nitrogen functional groups attached to an aromatic ring is 1. The van der Waals surface area contributed by atoms with Crippen molar-refractivity contribution in [2.75, 3.05) is 7.11 Å². The molecule has 0 unspecified atom stereocenters. The summed E-state index contributed by atoms with van der Waals surface area (Å²) in [4.78, 5) is 0. The van der Waals surface area contributed by atoms with Crippen LogP contribution in [0, 0.1) is 5.41 Å². The van der Waals surface area contributed by atoms with Crippen LogP contribution in [-0.2, 0) is 6.42 Å². The molecule has 0 aliphatic heterocycles. The molecule has 21 heavy (non-hydrogen) atoms. The number of hydrogen-bond donors (Lipinski definition) is 2. The fourth-order valence-corrected chi connectivity index (χ4v) is 2.19. The molecule has 0 saturated heterocycles. The summed E-state index contributed by atoms with van der Waals surface area (Å²) in [6.45, 7) is 2.08. The van der Waals surface area contributed by atoms with Crippen LogP contribution in [0.4, 0.5) is 0 Å². The van der Waals surface area contributed by atoms with Gasteiger partial charge in [0.1, 0.15) is 11.6 Å². The number of amidine groups is 1. The molecule has 3 N–H and O–H groups in total. The van der Waals surface area contributed by atoms with Crippen LogP contribution in [0.15, 0.2) is 36.4 Å². The maximum absolute atomic E-state index is 7.41. The third kappa shape index (κ3) is 3.47. The van der Waals surface area contributed by atoms with E-state index in [1.54, 1.807) is 25.3 Å². The number of hydrogen-bond acceptors (Lipinski definition) is 3. The zero-order valence-corrected chi connectivity index (χ0v) is 12.7. The van der Waals surface area contributed by atoms with Crippen LogP contribution in [0.5, 0.6) is 17.2 Å². The maximum Gasteiger partial charge on any atom is 0.169 e. The van der Waals surface area contributed by atoms with Gasteiger partial charge in [-0.05, 0) is 36.2 Å². The largest absolute Gasteiger partial charge is 0.493 e. The third-order valence-electron chi connectivity index (χ3n) is 3.09. The van der Waals surface area contributed by atoms with Crippen molar-refractivity contribution in [3.05, 3.63) is 52.5 Å². The molecule has 0 fully saturated rings. The van der Waals surface area contributed by atoms with Gasteiger partial charge in [-0.1, -0.05) is 24.6 Å². The first kappa shape index (κ1) is 15.2. The number of nitrogens with two attached hydrogens (primary N) is 1. The van der Waals surface area contributed by atoms with Crippen molar-refractivity contribution in [1.29, 1.82) is 5.41 Å². The van der Waals surface area contributed by atoms with Crippen molar-refractivity contribution in [1.82, 2.24) is 0 Å². The molecule has 110 valence electrons. The summed E-state index contributed by atoms with van der Waals surface area (Å²) in [6, 6.07) is 10.8. The molecule has 0 amide bonds. The minimum absolute atomic E-state index is 0.0728. The second-order valence-electron chi connectivity index (χ2n) is 4.50. The molecule has 0 saturated carbocycles. The average molecular weight is 305 g/mol. The molecule has 2 rings (SSSR count). The second kappa shape index (κ2) is 6.50. The van der Waals surface area contributed by atoms with Gasteiger partial charge in [0, 0.05) is 11.6 Å². The van der Waals surface area contributed by atoms with Gasteiger partial charge in [-0.15, -0.1) is 0 Å². The van der Waals surface area contributed by atoms with Crippen LogP contribution in [0.2, 0.25) is 5.02 Å². The van der Waals surface area contributed by atoms with Gasteiger partial charge in [0.15, 0.2) is 11.5 Å². The first-order valence-corrected chi connectivity index (χ1v) is 6.91. The third-order valence-corrected chi connectivity index (χ3v) is 3.41. The number of halogens is 1. The van der Waals surface area contributed by atoms with E-state index >= 15 is 0 Å². The maximum atomic E-state index is 7.41. The van der Waals surface area contributed by atoms with Crippen molar-refractivity contribution < 1.29 is 9.47 Å². The molecular formula is C16H17ClN2O2. The molecule has 0 aliphatic rings. The summed E-state index contributed by atoms with van der Waals surface area (Å²) in [6.07, 6.45) is 0.926. The Kier molecular flexibility index (Phi) is 4.70. The van der Waals surface area contributed by atoms with E-state index in [1.807, 2.05) is 18.2 Å². The van der Waals surface area contributed by atoms with Crippen LogP contribution < -0.4 is 15.2 Å². The smallest absolute Gasteiger partial charge is 0.169 e. The molecule has 0 spiro atoms. The predicted octanol–water partition coefficient (Wildman–Crippen LogP) is 3.99. The minimum atomic E-state index is -0.0728. The van der Waals surface area contributed by atoms with Crippen LogP contribution in [-0.4, -0.2) is 12.9 Å². The molecule has 0 aromatic heterocycles. The SMILES string of the molecule is CCc1ccc(Oc2ccc(C(=N)N)c(Cl)c2)c(OC)c1. The average Bonchev–Trinajstić information content (AvgIpc) is 2.47. The lowest BCUT2D eigenvalue weighted by atomic mass is 10.1. The molecule has 2 aromatic rings. The van der Waals surface area contributed by atoms with Crippen LogP contribution in [0.1, 0.15) is 18.1 Å². The number of methoxy groups -OCH3 is 1. The van der Waals surface area contributed by atoms with E-state index in [2.05, 4.69) is 6.92 Å². The molecule has 2 aromatic carbocycles. The lowest BCUT2D eigenvalue weighted by Gasteiger charge is -2.12. The number of nitrogens with one attached hydrogen (secondary N) is 1. The van der Waals surface area contributed by atoms with Gasteiger partial charge in [-0.2, -0.15) is 0 Å². The van der Waals surface area contributed by atoms with Crippen molar-refractivity contribution in [2.45, 2.75) is 13.3 Å². The van der Waals surface area contributed by atoms with Gasteiger partial charge in [-0.25, -0.2) is 0 Å². The Morgan fingerprint density at radius 2 is 1.95 bits per heavy atom. The van der Waals surface area contributed by atoms with Gasteiger partial charge in [0.2, 0.25) is 0 Å². The summed E-state index contributed by atoms with van der Waals surface area (Å²) in [7, 11) is 1.60. The zero-order valence-electron chi connectivity index (χ0n) is 11.9. The number of rotatable bonds is 5. The molecule has 0 radical (unpaired) electrons. The minimum Gasteiger partial charge on any atom is -0.493 e. The normalized spacial score (nSPS) is 10.2. The summed E-state index contributed by atoms with van der Waals surface area (Å²) < 4.78 is 11.1. The van der Waals surface area contributed by atoms with Gasteiger partial charge in [-0.3, -0.25) is 5.41 Å². The van der Waals surface area contributed by atoms with E-state index in [9.17, 15) is 0 Å². The number of ether oxygens (including phenoxy) is 2. The molecule has 0 atom stereocenters. The van der Waals surface area contributed by atoms with Crippen molar-refractivity contribution in [3.63, 3.8) is 0 Å². The summed E-state index contributed by atoms with van der Waals surface area (Å²) in [5, 5.41) is 7.79. The number of aryl methyl sites for hydroxylation is 1. The lowest BCUT2D eigenvalue weighted by Crippen LogP contribution is -2.11. The molecule has 0 bridgehead atoms. The Hall–Kier alpha value is -2.20. The molecule has 0 aliphatic carbocycles. The first-order valence-electron chi connectivity index (χ1n) is 6.54. The van der Waals surface area contributed by atoms with Crippen LogP contribution in [0.3, 0.4) is 0 Å². The molecule has 5 heteroatoms. The van der Waals surface area contributed by atoms with Gasteiger partial charge in [0.25, 0.3) is 0 Å². The highest BCUT2D eigenvalue weighted by molar-refractivity contribution is 6.34. The highest BCUT2D eigenvalue weighted by Gasteiger charge is 2.09. The van der Waals surface area contributed by atoms with E-state index in [0.717, 1.165) is 6.42 Å². The molecule has 4 nitrogen and oxygen atoms in total. The summed E-state index contributed by atoms with van der Waals surface area (Å²) >= 11 is 6.08. The quantitative estimate of drug-likeness (QED) is 0.648. The fraction of sp³-hybridized carbons (Fsp3) is 0.188. The van der Waals surface area contributed by atoms with E-state index in [1.165, 1.54) is 5.56 Å². The summed E-state index contributed by atoms with van der Waals surface area (Å²) in [5.74, 6) is 1.77. The van der Waals surface area contributed by atoms with E-state index in [4.69, 9.17) is 32.2 Å². The molecule has 0 heterocycles.